The lowest BCUT2D eigenvalue weighted by atomic mass is 9.96. The Morgan fingerprint density at radius 2 is 1.53 bits per heavy atom. The predicted molar refractivity (Wildman–Crippen MR) is 115 cm³/mol. The lowest BCUT2D eigenvalue weighted by Crippen LogP contribution is -2.41. The number of benzene rings is 1. The van der Waals surface area contributed by atoms with E-state index in [0.717, 1.165) is 32.5 Å². The molecular formula is C22H27N5O3. The SMILES string of the molecule is CC(=O)Nc1ccc(NC(=O)C(=O)NCC2CCN(Cc3ccncc3)CC2)cc1. The lowest BCUT2D eigenvalue weighted by Gasteiger charge is -2.32. The molecule has 0 atom stereocenters. The Morgan fingerprint density at radius 1 is 0.933 bits per heavy atom. The number of nitrogens with zero attached hydrogens (tertiary/aromatic N) is 2. The molecule has 1 aliphatic heterocycles. The molecule has 8 heteroatoms. The highest BCUT2D eigenvalue weighted by Gasteiger charge is 2.21. The Labute approximate surface area is 176 Å². The summed E-state index contributed by atoms with van der Waals surface area (Å²) in [5.41, 5.74) is 2.37. The van der Waals surface area contributed by atoms with Gasteiger partial charge in [0.25, 0.3) is 0 Å². The van der Waals surface area contributed by atoms with Crippen LogP contribution >= 0.6 is 0 Å². The molecule has 30 heavy (non-hydrogen) atoms. The molecule has 1 aliphatic rings. The van der Waals surface area contributed by atoms with Crippen molar-refractivity contribution in [3.63, 3.8) is 0 Å². The van der Waals surface area contributed by atoms with Crippen LogP contribution in [-0.4, -0.2) is 47.2 Å². The fraction of sp³-hybridized carbons (Fsp3) is 0.364. The number of anilines is 2. The van der Waals surface area contributed by atoms with Gasteiger partial charge in [0.05, 0.1) is 0 Å². The van der Waals surface area contributed by atoms with E-state index in [2.05, 4.69) is 25.8 Å². The third kappa shape index (κ3) is 6.66. The number of aromatic nitrogens is 1. The maximum absolute atomic E-state index is 12.1. The fourth-order valence-electron chi connectivity index (χ4n) is 3.44. The van der Waals surface area contributed by atoms with Crippen molar-refractivity contribution in [3.05, 3.63) is 54.4 Å². The number of carbonyl (C=O) groups is 3. The number of pyridine rings is 1. The van der Waals surface area contributed by atoms with Gasteiger partial charge in [-0.1, -0.05) is 0 Å². The average Bonchev–Trinajstić information content (AvgIpc) is 2.75. The van der Waals surface area contributed by atoms with E-state index in [1.807, 2.05) is 12.1 Å². The van der Waals surface area contributed by atoms with Gasteiger partial charge in [0.2, 0.25) is 5.91 Å². The van der Waals surface area contributed by atoms with Crippen LogP contribution < -0.4 is 16.0 Å². The first-order valence-corrected chi connectivity index (χ1v) is 10.1. The van der Waals surface area contributed by atoms with Gasteiger partial charge in [0.15, 0.2) is 0 Å². The van der Waals surface area contributed by atoms with Crippen molar-refractivity contribution in [2.24, 2.45) is 5.92 Å². The Balaban J connectivity index is 1.37. The van der Waals surface area contributed by atoms with E-state index in [1.165, 1.54) is 12.5 Å². The molecule has 3 N–H and O–H groups in total. The van der Waals surface area contributed by atoms with E-state index in [1.54, 1.807) is 36.7 Å². The monoisotopic (exact) mass is 409 g/mol. The molecule has 1 aromatic carbocycles. The van der Waals surface area contributed by atoms with Gasteiger partial charge in [-0.25, -0.2) is 0 Å². The van der Waals surface area contributed by atoms with Gasteiger partial charge in [-0.3, -0.25) is 24.3 Å². The lowest BCUT2D eigenvalue weighted by molar-refractivity contribution is -0.136. The van der Waals surface area contributed by atoms with Crippen molar-refractivity contribution in [1.82, 2.24) is 15.2 Å². The van der Waals surface area contributed by atoms with Gasteiger partial charge in [-0.2, -0.15) is 0 Å². The van der Waals surface area contributed by atoms with Crippen LogP contribution in [-0.2, 0) is 20.9 Å². The number of amides is 3. The van der Waals surface area contributed by atoms with E-state index in [-0.39, 0.29) is 5.91 Å². The molecule has 1 saturated heterocycles. The highest BCUT2D eigenvalue weighted by molar-refractivity contribution is 6.39. The second kappa shape index (κ2) is 10.5. The number of piperidine rings is 1. The van der Waals surface area contributed by atoms with E-state index >= 15 is 0 Å². The molecule has 3 rings (SSSR count). The summed E-state index contributed by atoms with van der Waals surface area (Å²) in [4.78, 5) is 41.7. The van der Waals surface area contributed by atoms with Gasteiger partial charge < -0.3 is 16.0 Å². The second-order valence-electron chi connectivity index (χ2n) is 7.50. The Morgan fingerprint density at radius 3 is 2.13 bits per heavy atom. The van der Waals surface area contributed by atoms with E-state index in [9.17, 15) is 14.4 Å². The Bertz CT molecular complexity index is 862. The van der Waals surface area contributed by atoms with Crippen LogP contribution in [0.15, 0.2) is 48.8 Å². The minimum absolute atomic E-state index is 0.172. The van der Waals surface area contributed by atoms with E-state index < -0.39 is 11.8 Å². The first kappa shape index (κ1) is 21.4. The molecule has 0 radical (unpaired) electrons. The van der Waals surface area contributed by atoms with Crippen LogP contribution in [0.5, 0.6) is 0 Å². The van der Waals surface area contributed by atoms with Gasteiger partial charge in [-0.05, 0) is 73.8 Å². The minimum Gasteiger partial charge on any atom is -0.348 e. The summed E-state index contributed by atoms with van der Waals surface area (Å²) in [5.74, 6) is -1.14. The molecule has 0 bridgehead atoms. The number of rotatable bonds is 6. The largest absolute Gasteiger partial charge is 0.348 e. The van der Waals surface area contributed by atoms with Gasteiger partial charge >= 0.3 is 11.8 Å². The molecule has 0 unspecified atom stereocenters. The molecule has 2 aromatic rings. The topological polar surface area (TPSA) is 103 Å². The van der Waals surface area contributed by atoms with Crippen molar-refractivity contribution in [1.29, 1.82) is 0 Å². The second-order valence-corrected chi connectivity index (χ2v) is 7.50. The third-order valence-corrected chi connectivity index (χ3v) is 5.08. The summed E-state index contributed by atoms with van der Waals surface area (Å²) in [5, 5.41) is 7.95. The zero-order valence-corrected chi connectivity index (χ0v) is 17.1. The summed E-state index contributed by atoms with van der Waals surface area (Å²) in [7, 11) is 0. The Kier molecular flexibility index (Phi) is 7.51. The van der Waals surface area contributed by atoms with E-state index in [4.69, 9.17) is 0 Å². The zero-order chi connectivity index (χ0) is 21.3. The molecule has 2 heterocycles. The van der Waals surface area contributed by atoms with Crippen molar-refractivity contribution in [2.75, 3.05) is 30.3 Å². The van der Waals surface area contributed by atoms with Crippen LogP contribution in [0, 0.1) is 5.92 Å². The third-order valence-electron chi connectivity index (χ3n) is 5.08. The summed E-state index contributed by atoms with van der Waals surface area (Å²) in [6.45, 7) is 4.76. The number of hydrogen-bond donors (Lipinski definition) is 3. The number of hydrogen-bond acceptors (Lipinski definition) is 5. The number of nitrogens with one attached hydrogen (secondary N) is 3. The van der Waals surface area contributed by atoms with Crippen LogP contribution in [0.4, 0.5) is 11.4 Å². The minimum atomic E-state index is -0.697. The molecular weight excluding hydrogens is 382 g/mol. The fourth-order valence-corrected chi connectivity index (χ4v) is 3.44. The van der Waals surface area contributed by atoms with Crippen molar-refractivity contribution in [2.45, 2.75) is 26.3 Å². The van der Waals surface area contributed by atoms with Gasteiger partial charge in [0.1, 0.15) is 0 Å². The molecule has 0 saturated carbocycles. The van der Waals surface area contributed by atoms with Crippen molar-refractivity contribution < 1.29 is 14.4 Å². The molecule has 0 spiro atoms. The van der Waals surface area contributed by atoms with Gasteiger partial charge in [0, 0.05) is 43.8 Å². The molecule has 1 aromatic heterocycles. The number of carbonyl (C=O) groups excluding carboxylic acids is 3. The summed E-state index contributed by atoms with van der Waals surface area (Å²) in [6, 6.07) is 10.6. The highest BCUT2D eigenvalue weighted by Crippen LogP contribution is 2.18. The van der Waals surface area contributed by atoms with Crippen molar-refractivity contribution >= 4 is 29.1 Å². The maximum Gasteiger partial charge on any atom is 0.313 e. The molecule has 0 aliphatic carbocycles. The highest BCUT2D eigenvalue weighted by atomic mass is 16.2. The average molecular weight is 409 g/mol. The van der Waals surface area contributed by atoms with Crippen LogP contribution in [0.25, 0.3) is 0 Å². The molecule has 1 fully saturated rings. The van der Waals surface area contributed by atoms with Gasteiger partial charge in [-0.15, -0.1) is 0 Å². The van der Waals surface area contributed by atoms with Crippen LogP contribution in [0.1, 0.15) is 25.3 Å². The van der Waals surface area contributed by atoms with Crippen LogP contribution in [0.2, 0.25) is 0 Å². The molecule has 3 amide bonds. The summed E-state index contributed by atoms with van der Waals surface area (Å²) >= 11 is 0. The molecule has 8 nitrogen and oxygen atoms in total. The predicted octanol–water partition coefficient (Wildman–Crippen LogP) is 2.01. The first-order valence-electron chi connectivity index (χ1n) is 10.1. The Hall–Kier alpha value is -3.26. The summed E-state index contributed by atoms with van der Waals surface area (Å²) in [6.07, 6.45) is 5.58. The normalized spacial score (nSPS) is 14.7. The summed E-state index contributed by atoms with van der Waals surface area (Å²) < 4.78 is 0. The van der Waals surface area contributed by atoms with Crippen LogP contribution in [0.3, 0.4) is 0 Å². The van der Waals surface area contributed by atoms with E-state index in [0.29, 0.717) is 23.8 Å². The molecule has 158 valence electrons. The first-order chi connectivity index (χ1) is 14.5. The quantitative estimate of drug-likeness (QED) is 0.633. The smallest absolute Gasteiger partial charge is 0.313 e. The standard InChI is InChI=1S/C22H27N5O3/c1-16(28)25-19-2-4-20(5-3-19)26-22(30)21(29)24-14-17-8-12-27(13-9-17)15-18-6-10-23-11-7-18/h2-7,10-11,17H,8-9,12-15H2,1H3,(H,24,29)(H,25,28)(H,26,30). The van der Waals surface area contributed by atoms with Crippen molar-refractivity contribution in [3.8, 4) is 0 Å². The maximum atomic E-state index is 12.1. The zero-order valence-electron chi connectivity index (χ0n) is 17.1. The number of likely N-dealkylation sites (tertiary alicyclic amines) is 1.